The van der Waals surface area contributed by atoms with Gasteiger partial charge in [-0.1, -0.05) is 0 Å². The molecule has 0 aliphatic heterocycles. The van der Waals surface area contributed by atoms with E-state index in [0.717, 1.165) is 32.3 Å². The highest BCUT2D eigenvalue weighted by molar-refractivity contribution is 5.49. The summed E-state index contributed by atoms with van der Waals surface area (Å²) in [5, 5.41) is 3.18. The molecule has 0 spiro atoms. The van der Waals surface area contributed by atoms with Crippen molar-refractivity contribution in [3.8, 4) is 0 Å². The first kappa shape index (κ1) is 10.6. The fraction of sp³-hybridized carbons (Fsp3) is 0.875. The van der Waals surface area contributed by atoms with E-state index in [2.05, 4.69) is 24.3 Å². The monoisotopic (exact) mass is 158 g/mol. The number of rotatable bonds is 7. The highest BCUT2D eigenvalue weighted by Gasteiger charge is 1.89. The molecule has 0 bridgehead atoms. The van der Waals surface area contributed by atoms with E-state index in [-0.39, 0.29) is 0 Å². The lowest BCUT2D eigenvalue weighted by atomic mass is 10.4. The first-order chi connectivity index (χ1) is 5.27. The zero-order valence-corrected chi connectivity index (χ0v) is 7.47. The predicted molar refractivity (Wildman–Crippen MR) is 46.7 cm³/mol. The third-order valence-corrected chi connectivity index (χ3v) is 1.40. The number of carbonyl (C=O) groups excluding carboxylic acids is 1. The molecule has 66 valence electrons. The van der Waals surface area contributed by atoms with Gasteiger partial charge in [0.15, 0.2) is 0 Å². The lowest BCUT2D eigenvalue weighted by molar-refractivity contribution is -0.107. The van der Waals surface area contributed by atoms with Crippen molar-refractivity contribution in [1.82, 2.24) is 10.2 Å². The fourth-order valence-electron chi connectivity index (χ4n) is 0.806. The summed E-state index contributed by atoms with van der Waals surface area (Å²) < 4.78 is 0. The van der Waals surface area contributed by atoms with Gasteiger partial charge in [-0.3, -0.25) is 0 Å². The lowest BCUT2D eigenvalue weighted by Crippen LogP contribution is -2.22. The molecule has 0 radical (unpaired) electrons. The Balaban J connectivity index is 2.85. The predicted octanol–water partition coefficient (Wildman–Crippen LogP) is 0.117. The van der Waals surface area contributed by atoms with Crippen molar-refractivity contribution >= 4 is 6.29 Å². The van der Waals surface area contributed by atoms with Crippen LogP contribution in [0.5, 0.6) is 0 Å². The molecule has 1 N–H and O–H groups in total. The minimum Gasteiger partial charge on any atom is -0.316 e. The van der Waals surface area contributed by atoms with E-state index in [1.807, 2.05) is 0 Å². The van der Waals surface area contributed by atoms with Gasteiger partial charge >= 0.3 is 0 Å². The zero-order chi connectivity index (χ0) is 8.53. The zero-order valence-electron chi connectivity index (χ0n) is 7.47. The van der Waals surface area contributed by atoms with Crippen LogP contribution < -0.4 is 5.32 Å². The molecule has 0 fully saturated rings. The maximum atomic E-state index is 9.90. The van der Waals surface area contributed by atoms with Gasteiger partial charge in [-0.2, -0.15) is 0 Å². The standard InChI is InChI=1S/C8H18N2O/c1-10(2)7-3-5-9-6-4-8-11/h8-9H,3-7H2,1-2H3. The molecule has 0 saturated carbocycles. The van der Waals surface area contributed by atoms with E-state index >= 15 is 0 Å². The maximum absolute atomic E-state index is 9.90. The minimum atomic E-state index is 0.627. The van der Waals surface area contributed by atoms with Crippen LogP contribution in [0, 0.1) is 0 Å². The van der Waals surface area contributed by atoms with Crippen molar-refractivity contribution < 1.29 is 4.79 Å². The molecule has 0 aliphatic rings. The minimum absolute atomic E-state index is 0.627. The van der Waals surface area contributed by atoms with E-state index in [9.17, 15) is 4.79 Å². The quantitative estimate of drug-likeness (QED) is 0.422. The van der Waals surface area contributed by atoms with E-state index in [1.165, 1.54) is 0 Å². The first-order valence-electron chi connectivity index (χ1n) is 4.06. The SMILES string of the molecule is CN(C)CCCNCCC=O. The molecule has 0 heterocycles. The lowest BCUT2D eigenvalue weighted by Gasteiger charge is -2.08. The summed E-state index contributed by atoms with van der Waals surface area (Å²) in [7, 11) is 4.12. The Morgan fingerprint density at radius 2 is 2.09 bits per heavy atom. The van der Waals surface area contributed by atoms with Crippen molar-refractivity contribution in [2.24, 2.45) is 0 Å². The average Bonchev–Trinajstić information content (AvgIpc) is 1.96. The highest BCUT2D eigenvalue weighted by Crippen LogP contribution is 1.80. The number of carbonyl (C=O) groups is 1. The Hall–Kier alpha value is -0.410. The number of hydrogen-bond donors (Lipinski definition) is 1. The van der Waals surface area contributed by atoms with Crippen LogP contribution >= 0.6 is 0 Å². The van der Waals surface area contributed by atoms with Gasteiger partial charge in [0.25, 0.3) is 0 Å². The average molecular weight is 158 g/mol. The van der Waals surface area contributed by atoms with E-state index in [4.69, 9.17) is 0 Å². The van der Waals surface area contributed by atoms with Crippen LogP contribution in [0.3, 0.4) is 0 Å². The van der Waals surface area contributed by atoms with Crippen molar-refractivity contribution in [2.45, 2.75) is 12.8 Å². The Labute approximate surface area is 68.8 Å². The van der Waals surface area contributed by atoms with Crippen LogP contribution in [-0.4, -0.2) is 44.9 Å². The molecule has 0 saturated heterocycles. The molecule has 0 atom stereocenters. The summed E-state index contributed by atoms with van der Waals surface area (Å²) in [6, 6.07) is 0. The van der Waals surface area contributed by atoms with Crippen LogP contribution in [0.25, 0.3) is 0 Å². The van der Waals surface area contributed by atoms with E-state index < -0.39 is 0 Å². The summed E-state index contributed by atoms with van der Waals surface area (Å²) >= 11 is 0. The van der Waals surface area contributed by atoms with Gasteiger partial charge < -0.3 is 15.0 Å². The summed E-state index contributed by atoms with van der Waals surface area (Å²) in [6.07, 6.45) is 2.72. The molecular weight excluding hydrogens is 140 g/mol. The Morgan fingerprint density at radius 3 is 2.64 bits per heavy atom. The fourth-order valence-corrected chi connectivity index (χ4v) is 0.806. The largest absolute Gasteiger partial charge is 0.316 e. The molecule has 0 rings (SSSR count). The summed E-state index contributed by atoms with van der Waals surface area (Å²) in [5.41, 5.74) is 0. The first-order valence-corrected chi connectivity index (χ1v) is 4.06. The van der Waals surface area contributed by atoms with E-state index in [1.54, 1.807) is 0 Å². The molecule has 0 aliphatic carbocycles. The van der Waals surface area contributed by atoms with Gasteiger partial charge in [0.1, 0.15) is 6.29 Å². The van der Waals surface area contributed by atoms with Crippen LogP contribution in [0.1, 0.15) is 12.8 Å². The van der Waals surface area contributed by atoms with Crippen LogP contribution in [0.4, 0.5) is 0 Å². The second-order valence-corrected chi connectivity index (χ2v) is 2.86. The van der Waals surface area contributed by atoms with E-state index in [0.29, 0.717) is 6.42 Å². The molecule has 0 aromatic rings. The second-order valence-electron chi connectivity index (χ2n) is 2.86. The van der Waals surface area contributed by atoms with Gasteiger partial charge in [-0.15, -0.1) is 0 Å². The maximum Gasteiger partial charge on any atom is 0.121 e. The Kier molecular flexibility index (Phi) is 7.41. The van der Waals surface area contributed by atoms with Crippen molar-refractivity contribution in [2.75, 3.05) is 33.7 Å². The summed E-state index contributed by atoms with van der Waals surface area (Å²) in [6.45, 7) is 2.93. The molecule has 3 heteroatoms. The normalized spacial score (nSPS) is 10.5. The number of hydrogen-bond acceptors (Lipinski definition) is 3. The number of nitrogens with zero attached hydrogens (tertiary/aromatic N) is 1. The van der Waals surface area contributed by atoms with Crippen molar-refractivity contribution in [3.05, 3.63) is 0 Å². The number of nitrogens with one attached hydrogen (secondary N) is 1. The number of aldehydes is 1. The van der Waals surface area contributed by atoms with Crippen LogP contribution in [-0.2, 0) is 4.79 Å². The van der Waals surface area contributed by atoms with Gasteiger partial charge in [-0.25, -0.2) is 0 Å². The highest BCUT2D eigenvalue weighted by atomic mass is 16.1. The third kappa shape index (κ3) is 9.59. The van der Waals surface area contributed by atoms with Gasteiger partial charge in [-0.05, 0) is 33.6 Å². The molecule has 0 amide bonds. The molecule has 11 heavy (non-hydrogen) atoms. The Morgan fingerprint density at radius 1 is 1.36 bits per heavy atom. The van der Waals surface area contributed by atoms with Gasteiger partial charge in [0.05, 0.1) is 0 Å². The molecule has 0 unspecified atom stereocenters. The molecule has 0 aromatic heterocycles. The van der Waals surface area contributed by atoms with Crippen LogP contribution in [0.2, 0.25) is 0 Å². The summed E-state index contributed by atoms with van der Waals surface area (Å²) in [4.78, 5) is 12.1. The smallest absolute Gasteiger partial charge is 0.121 e. The molecule has 3 nitrogen and oxygen atoms in total. The molecule has 0 aromatic carbocycles. The second kappa shape index (κ2) is 7.69. The molecular formula is C8H18N2O. The Bertz CT molecular complexity index is 94.1. The van der Waals surface area contributed by atoms with Crippen molar-refractivity contribution in [1.29, 1.82) is 0 Å². The van der Waals surface area contributed by atoms with Crippen LogP contribution in [0.15, 0.2) is 0 Å². The third-order valence-electron chi connectivity index (χ3n) is 1.40. The topological polar surface area (TPSA) is 32.3 Å². The van der Waals surface area contributed by atoms with Gasteiger partial charge in [0.2, 0.25) is 0 Å². The summed E-state index contributed by atoms with van der Waals surface area (Å²) in [5.74, 6) is 0. The van der Waals surface area contributed by atoms with Gasteiger partial charge in [0, 0.05) is 13.0 Å². The van der Waals surface area contributed by atoms with Crippen molar-refractivity contribution in [3.63, 3.8) is 0 Å².